The number of aryl methyl sites for hydroxylation is 2. The Morgan fingerprint density at radius 2 is 2.05 bits per heavy atom. The first-order valence-corrected chi connectivity index (χ1v) is 7.60. The third-order valence-corrected chi connectivity index (χ3v) is 4.34. The van der Waals surface area contributed by atoms with Gasteiger partial charge < -0.3 is 9.84 Å². The Labute approximate surface area is 132 Å². The van der Waals surface area contributed by atoms with Crippen LogP contribution < -0.4 is 5.32 Å². The Hall–Kier alpha value is -2.14. The highest BCUT2D eigenvalue weighted by Gasteiger charge is 2.45. The smallest absolute Gasteiger partial charge is 0.263 e. The summed E-state index contributed by atoms with van der Waals surface area (Å²) in [5, 5.41) is 9.16. The Morgan fingerprint density at radius 3 is 2.77 bits per heavy atom. The first kappa shape index (κ1) is 13.5. The number of aromatic nitrogens is 3. The molecule has 2 aromatic heterocycles. The largest absolute Gasteiger partial charge is 0.360 e. The van der Waals surface area contributed by atoms with Crippen molar-refractivity contribution in [2.45, 2.75) is 32.2 Å². The topological polar surface area (TPSA) is 63.8 Å². The van der Waals surface area contributed by atoms with E-state index in [-0.39, 0.29) is 5.54 Å². The minimum absolute atomic E-state index is 0.109. The summed E-state index contributed by atoms with van der Waals surface area (Å²) < 4.78 is 5.27. The fourth-order valence-electron chi connectivity index (χ4n) is 2.81. The fourth-order valence-corrected chi connectivity index (χ4v) is 3.00. The molecule has 0 amide bonds. The quantitative estimate of drug-likeness (QED) is 0.792. The molecule has 0 spiro atoms. The van der Waals surface area contributed by atoms with Gasteiger partial charge in [0.1, 0.15) is 17.0 Å². The van der Waals surface area contributed by atoms with Crippen molar-refractivity contribution < 1.29 is 4.52 Å². The molecule has 3 aromatic rings. The molecule has 1 saturated carbocycles. The first-order chi connectivity index (χ1) is 10.6. The number of nitrogens with zero attached hydrogens (tertiary/aromatic N) is 3. The highest BCUT2D eigenvalue weighted by Crippen LogP contribution is 2.49. The second kappa shape index (κ2) is 4.68. The maximum Gasteiger partial charge on any atom is 0.263 e. The fraction of sp³-hybridized carbons (Fsp3) is 0.312. The minimum Gasteiger partial charge on any atom is -0.360 e. The molecule has 1 aliphatic rings. The Kier molecular flexibility index (Phi) is 2.87. The number of benzene rings is 1. The molecule has 22 heavy (non-hydrogen) atoms. The van der Waals surface area contributed by atoms with Crippen molar-refractivity contribution in [2.75, 3.05) is 5.32 Å². The summed E-state index contributed by atoms with van der Waals surface area (Å²) in [5.41, 5.74) is 2.38. The van der Waals surface area contributed by atoms with Gasteiger partial charge in [0.15, 0.2) is 0 Å². The second-order valence-electron chi connectivity index (χ2n) is 5.79. The van der Waals surface area contributed by atoms with Gasteiger partial charge in [-0.1, -0.05) is 28.9 Å². The third kappa shape index (κ3) is 2.13. The number of hydrogen-bond donors (Lipinski definition) is 1. The van der Waals surface area contributed by atoms with Gasteiger partial charge in [-0.3, -0.25) is 0 Å². The number of rotatable bonds is 3. The Balaban J connectivity index is 1.79. The molecule has 0 radical (unpaired) electrons. The van der Waals surface area contributed by atoms with Crippen molar-refractivity contribution in [3.63, 3.8) is 0 Å². The summed E-state index contributed by atoms with van der Waals surface area (Å²) in [4.78, 5) is 8.85. The van der Waals surface area contributed by atoms with E-state index in [1.165, 1.54) is 5.56 Å². The lowest BCUT2D eigenvalue weighted by Crippen LogP contribution is -2.20. The van der Waals surface area contributed by atoms with Crippen LogP contribution in [0.1, 0.15) is 29.9 Å². The van der Waals surface area contributed by atoms with Crippen LogP contribution in [0.25, 0.3) is 11.1 Å². The van der Waals surface area contributed by atoms with Crippen molar-refractivity contribution in [1.82, 2.24) is 15.1 Å². The summed E-state index contributed by atoms with van der Waals surface area (Å²) in [6.45, 7) is 3.75. The van der Waals surface area contributed by atoms with E-state index in [2.05, 4.69) is 26.5 Å². The molecule has 112 valence electrons. The molecule has 4 rings (SSSR count). The maximum atomic E-state index is 6.13. The van der Waals surface area contributed by atoms with Gasteiger partial charge in [-0.25, -0.2) is 4.98 Å². The molecule has 2 heterocycles. The van der Waals surface area contributed by atoms with E-state index in [1.807, 2.05) is 32.0 Å². The highest BCUT2D eigenvalue weighted by molar-refractivity contribution is 6.30. The van der Waals surface area contributed by atoms with Crippen LogP contribution in [-0.4, -0.2) is 15.1 Å². The average Bonchev–Trinajstić information content (AvgIpc) is 3.16. The summed E-state index contributed by atoms with van der Waals surface area (Å²) in [7, 11) is 0. The normalized spacial score (nSPS) is 16.0. The molecular formula is C16H15ClN4O. The molecule has 6 heteroatoms. The second-order valence-corrected chi connectivity index (χ2v) is 6.22. The van der Waals surface area contributed by atoms with Gasteiger partial charge in [0.2, 0.25) is 0 Å². The molecule has 0 bridgehead atoms. The number of fused-ring (bicyclic) bond motifs is 1. The molecule has 0 saturated heterocycles. The van der Waals surface area contributed by atoms with Crippen molar-refractivity contribution in [2.24, 2.45) is 0 Å². The van der Waals surface area contributed by atoms with E-state index in [9.17, 15) is 0 Å². The lowest BCUT2D eigenvalue weighted by atomic mass is 10.0. The molecule has 0 aliphatic heterocycles. The molecule has 0 atom stereocenters. The van der Waals surface area contributed by atoms with E-state index < -0.39 is 0 Å². The van der Waals surface area contributed by atoms with Gasteiger partial charge in [-0.2, -0.15) is 4.98 Å². The Morgan fingerprint density at radius 1 is 1.23 bits per heavy atom. The van der Waals surface area contributed by atoms with Crippen LogP contribution in [0.4, 0.5) is 5.82 Å². The number of hydrogen-bond acceptors (Lipinski definition) is 5. The molecule has 0 unspecified atom stereocenters. The molecule has 1 fully saturated rings. The predicted octanol–water partition coefficient (Wildman–Crippen LogP) is 3.99. The third-order valence-electron chi connectivity index (χ3n) is 4.10. The van der Waals surface area contributed by atoms with Crippen LogP contribution in [0.15, 0.2) is 28.8 Å². The molecular weight excluding hydrogens is 300 g/mol. The lowest BCUT2D eigenvalue weighted by Gasteiger charge is -2.19. The predicted molar refractivity (Wildman–Crippen MR) is 85.1 cm³/mol. The van der Waals surface area contributed by atoms with Crippen LogP contribution in [-0.2, 0) is 5.54 Å². The zero-order valence-corrected chi connectivity index (χ0v) is 13.1. The number of nitrogens with one attached hydrogen (secondary N) is 1. The van der Waals surface area contributed by atoms with Crippen LogP contribution >= 0.6 is 11.6 Å². The monoisotopic (exact) mass is 314 g/mol. The van der Waals surface area contributed by atoms with Crippen molar-refractivity contribution in [1.29, 1.82) is 0 Å². The zero-order chi connectivity index (χ0) is 15.3. The van der Waals surface area contributed by atoms with E-state index in [1.54, 1.807) is 0 Å². The van der Waals surface area contributed by atoms with E-state index >= 15 is 0 Å². The van der Waals surface area contributed by atoms with E-state index in [0.29, 0.717) is 11.5 Å². The van der Waals surface area contributed by atoms with E-state index in [0.717, 1.165) is 34.8 Å². The van der Waals surface area contributed by atoms with Gasteiger partial charge in [0.25, 0.3) is 5.71 Å². The van der Waals surface area contributed by atoms with Gasteiger partial charge in [0, 0.05) is 5.02 Å². The van der Waals surface area contributed by atoms with Crippen molar-refractivity contribution in [3.05, 3.63) is 46.4 Å². The van der Waals surface area contributed by atoms with Crippen LogP contribution in [0.2, 0.25) is 5.02 Å². The van der Waals surface area contributed by atoms with Gasteiger partial charge in [-0.05, 0) is 44.4 Å². The maximum absolute atomic E-state index is 6.13. The molecule has 1 N–H and O–H groups in total. The Bertz CT molecular complexity index is 870. The highest BCUT2D eigenvalue weighted by atomic mass is 35.5. The lowest BCUT2D eigenvalue weighted by molar-refractivity contribution is 0.442. The van der Waals surface area contributed by atoms with Crippen LogP contribution in [0.5, 0.6) is 0 Å². The molecule has 1 aliphatic carbocycles. The first-order valence-electron chi connectivity index (χ1n) is 7.22. The number of anilines is 1. The number of halogens is 1. The molecule has 5 nitrogen and oxygen atoms in total. The SMILES string of the molecule is Cc1nc(NC2(c3cccc(Cl)c3)CC2)c2c(C)noc2n1. The van der Waals surface area contributed by atoms with Crippen molar-refractivity contribution in [3.8, 4) is 0 Å². The summed E-state index contributed by atoms with van der Waals surface area (Å²) in [5.74, 6) is 1.44. The van der Waals surface area contributed by atoms with Gasteiger partial charge >= 0.3 is 0 Å². The summed E-state index contributed by atoms with van der Waals surface area (Å²) in [6.07, 6.45) is 2.09. The van der Waals surface area contributed by atoms with Crippen LogP contribution in [0.3, 0.4) is 0 Å². The standard InChI is InChI=1S/C16H15ClN4O/c1-9-13-14(18-10(2)19-15(13)22-21-9)20-16(6-7-16)11-4-3-5-12(17)8-11/h3-5,8H,6-7H2,1-2H3,(H,18,19,20). The summed E-state index contributed by atoms with van der Waals surface area (Å²) >= 11 is 6.13. The summed E-state index contributed by atoms with van der Waals surface area (Å²) in [6, 6.07) is 7.97. The van der Waals surface area contributed by atoms with Gasteiger partial charge in [-0.15, -0.1) is 0 Å². The minimum atomic E-state index is -0.109. The van der Waals surface area contributed by atoms with Crippen LogP contribution in [0, 0.1) is 13.8 Å². The molecule has 1 aromatic carbocycles. The van der Waals surface area contributed by atoms with Gasteiger partial charge in [0.05, 0.1) is 11.2 Å². The zero-order valence-electron chi connectivity index (χ0n) is 12.4. The van der Waals surface area contributed by atoms with Crippen molar-refractivity contribution >= 4 is 28.5 Å². The van der Waals surface area contributed by atoms with E-state index in [4.69, 9.17) is 16.1 Å². The average molecular weight is 315 g/mol.